The van der Waals surface area contributed by atoms with Crippen molar-refractivity contribution in [1.82, 2.24) is 10.2 Å². The molecule has 0 radical (unpaired) electrons. The number of likely N-dealkylation sites (tertiary alicyclic amines) is 1. The van der Waals surface area contributed by atoms with Gasteiger partial charge in [-0.15, -0.1) is 0 Å². The second kappa shape index (κ2) is 10.1. The van der Waals surface area contributed by atoms with E-state index >= 15 is 0 Å². The average Bonchev–Trinajstić information content (AvgIpc) is 2.76. The largest absolute Gasteiger partial charge is 0.416 e. The van der Waals surface area contributed by atoms with E-state index in [-0.39, 0.29) is 24.3 Å². The Bertz CT molecular complexity index is 768. The number of carbonyl (C=O) groups excluding carboxylic acids is 2. The first kappa shape index (κ1) is 22.4. The highest BCUT2D eigenvalue weighted by Gasteiger charge is 2.30. The van der Waals surface area contributed by atoms with Gasteiger partial charge in [-0.1, -0.05) is 24.3 Å². The maximum Gasteiger partial charge on any atom is 0.416 e. The van der Waals surface area contributed by atoms with Crippen LogP contribution in [0.1, 0.15) is 56.1 Å². The van der Waals surface area contributed by atoms with Crippen LogP contribution >= 0.6 is 0 Å². The van der Waals surface area contributed by atoms with Crippen molar-refractivity contribution in [3.05, 3.63) is 47.5 Å². The van der Waals surface area contributed by atoms with Gasteiger partial charge in [-0.2, -0.15) is 13.2 Å². The lowest BCUT2D eigenvalue weighted by Crippen LogP contribution is -2.42. The van der Waals surface area contributed by atoms with Gasteiger partial charge in [-0.05, 0) is 62.1 Å². The smallest absolute Gasteiger partial charge is 0.352 e. The first-order valence-electron chi connectivity index (χ1n) is 10.7. The number of piperidine rings is 1. The number of hydrogen-bond acceptors (Lipinski definition) is 2. The Morgan fingerprint density at radius 3 is 2.53 bits per heavy atom. The molecular formula is C23H29F3N2O2. The molecule has 1 N–H and O–H groups in total. The third-order valence-corrected chi connectivity index (χ3v) is 6.07. The van der Waals surface area contributed by atoms with Gasteiger partial charge in [-0.3, -0.25) is 9.59 Å². The molecule has 1 aromatic carbocycles. The molecule has 0 aromatic heterocycles. The molecule has 3 rings (SSSR count). The quantitative estimate of drug-likeness (QED) is 0.676. The summed E-state index contributed by atoms with van der Waals surface area (Å²) in [5, 5.41) is 2.71. The zero-order valence-corrected chi connectivity index (χ0v) is 17.1. The molecule has 1 aliphatic carbocycles. The number of hydrogen-bond donors (Lipinski definition) is 1. The van der Waals surface area contributed by atoms with E-state index in [9.17, 15) is 22.8 Å². The predicted molar refractivity (Wildman–Crippen MR) is 108 cm³/mol. The second-order valence-electron chi connectivity index (χ2n) is 8.26. The lowest BCUT2D eigenvalue weighted by Gasteiger charge is -2.34. The van der Waals surface area contributed by atoms with Gasteiger partial charge >= 0.3 is 6.18 Å². The summed E-state index contributed by atoms with van der Waals surface area (Å²) in [5.74, 6) is 0.629. The SMILES string of the molecule is O=C(CCC1CCN(C(=O)[C@@H]2CC=CCC2)CC1)NCc1cccc(C(F)(F)F)c1. The minimum Gasteiger partial charge on any atom is -0.352 e. The number of allylic oxidation sites excluding steroid dienone is 2. The lowest BCUT2D eigenvalue weighted by molar-refractivity contribution is -0.138. The number of nitrogens with zero attached hydrogens (tertiary/aromatic N) is 1. The molecule has 1 aliphatic heterocycles. The second-order valence-corrected chi connectivity index (χ2v) is 8.26. The molecule has 1 atom stereocenters. The molecule has 1 aromatic rings. The fourth-order valence-corrected chi connectivity index (χ4v) is 4.20. The number of carbonyl (C=O) groups is 2. The molecule has 164 valence electrons. The number of halogens is 3. The predicted octanol–water partition coefficient (Wildman–Crippen LogP) is 4.70. The summed E-state index contributed by atoms with van der Waals surface area (Å²) in [4.78, 5) is 26.7. The lowest BCUT2D eigenvalue weighted by atomic mass is 9.89. The van der Waals surface area contributed by atoms with Crippen molar-refractivity contribution in [3.8, 4) is 0 Å². The van der Waals surface area contributed by atoms with Crippen molar-refractivity contribution in [3.63, 3.8) is 0 Å². The van der Waals surface area contributed by atoms with Crippen molar-refractivity contribution in [1.29, 1.82) is 0 Å². The van der Waals surface area contributed by atoms with Gasteiger partial charge < -0.3 is 10.2 Å². The van der Waals surface area contributed by atoms with Crippen LogP contribution in [0.4, 0.5) is 13.2 Å². The van der Waals surface area contributed by atoms with E-state index in [2.05, 4.69) is 17.5 Å². The van der Waals surface area contributed by atoms with Crippen molar-refractivity contribution >= 4 is 11.8 Å². The van der Waals surface area contributed by atoms with Crippen LogP contribution in [0.15, 0.2) is 36.4 Å². The van der Waals surface area contributed by atoms with E-state index in [0.29, 0.717) is 17.9 Å². The van der Waals surface area contributed by atoms with Crippen molar-refractivity contribution in [2.24, 2.45) is 11.8 Å². The molecule has 1 saturated heterocycles. The van der Waals surface area contributed by atoms with Gasteiger partial charge in [0.25, 0.3) is 0 Å². The van der Waals surface area contributed by atoms with E-state index in [1.807, 2.05) is 4.90 Å². The first-order valence-corrected chi connectivity index (χ1v) is 10.7. The molecule has 2 aliphatic rings. The van der Waals surface area contributed by atoms with E-state index in [0.717, 1.165) is 63.7 Å². The van der Waals surface area contributed by atoms with Crippen LogP contribution in [0, 0.1) is 11.8 Å². The molecule has 0 saturated carbocycles. The molecule has 1 fully saturated rings. The monoisotopic (exact) mass is 422 g/mol. The standard InChI is InChI=1S/C23H29F3N2O2/c24-23(25,26)20-8-4-5-18(15-20)16-27-21(29)10-9-17-11-13-28(14-12-17)22(30)19-6-2-1-3-7-19/h1-2,4-5,8,15,17,19H,3,6-7,9-14,16H2,(H,27,29)/t19-/m1/s1. The minimum absolute atomic E-state index is 0.0888. The maximum atomic E-state index is 12.8. The normalized spacial score (nSPS) is 20.2. The van der Waals surface area contributed by atoms with Crippen molar-refractivity contribution < 1.29 is 22.8 Å². The summed E-state index contributed by atoms with van der Waals surface area (Å²) in [6, 6.07) is 5.01. The Kier molecular flexibility index (Phi) is 7.56. The van der Waals surface area contributed by atoms with Gasteiger partial charge in [0.15, 0.2) is 0 Å². The van der Waals surface area contributed by atoms with Crippen LogP contribution in [-0.2, 0) is 22.3 Å². The molecule has 2 amide bonds. The van der Waals surface area contributed by atoms with E-state index in [4.69, 9.17) is 0 Å². The van der Waals surface area contributed by atoms with E-state index in [1.165, 1.54) is 6.07 Å². The molecular weight excluding hydrogens is 393 g/mol. The number of benzene rings is 1. The highest BCUT2D eigenvalue weighted by atomic mass is 19.4. The summed E-state index contributed by atoms with van der Waals surface area (Å²) in [5.41, 5.74) is -0.276. The van der Waals surface area contributed by atoms with Crippen LogP contribution < -0.4 is 5.32 Å². The molecule has 0 spiro atoms. The highest BCUT2D eigenvalue weighted by molar-refractivity contribution is 5.79. The van der Waals surface area contributed by atoms with Gasteiger partial charge in [0.05, 0.1) is 5.56 Å². The highest BCUT2D eigenvalue weighted by Crippen LogP contribution is 2.29. The van der Waals surface area contributed by atoms with Gasteiger partial charge in [0.2, 0.25) is 11.8 Å². The third kappa shape index (κ3) is 6.34. The van der Waals surface area contributed by atoms with E-state index in [1.54, 1.807) is 6.07 Å². The Hall–Kier alpha value is -2.31. The molecule has 1 heterocycles. The van der Waals surface area contributed by atoms with Gasteiger partial charge in [-0.25, -0.2) is 0 Å². The Morgan fingerprint density at radius 2 is 1.87 bits per heavy atom. The van der Waals surface area contributed by atoms with Gasteiger partial charge in [0.1, 0.15) is 0 Å². The average molecular weight is 422 g/mol. The zero-order chi connectivity index (χ0) is 21.6. The Balaban J connectivity index is 1.36. The molecule has 0 unspecified atom stereocenters. The number of nitrogens with one attached hydrogen (secondary N) is 1. The number of rotatable bonds is 6. The topological polar surface area (TPSA) is 49.4 Å². The van der Waals surface area contributed by atoms with Crippen LogP contribution in [0.25, 0.3) is 0 Å². The fraction of sp³-hybridized carbons (Fsp3) is 0.565. The maximum absolute atomic E-state index is 12.8. The van der Waals surface area contributed by atoms with Crippen LogP contribution in [-0.4, -0.2) is 29.8 Å². The first-order chi connectivity index (χ1) is 14.3. The summed E-state index contributed by atoms with van der Waals surface area (Å²) in [6.45, 7) is 1.58. The zero-order valence-electron chi connectivity index (χ0n) is 17.1. The summed E-state index contributed by atoms with van der Waals surface area (Å²) < 4.78 is 38.3. The van der Waals surface area contributed by atoms with Crippen LogP contribution in [0.3, 0.4) is 0 Å². The van der Waals surface area contributed by atoms with E-state index < -0.39 is 11.7 Å². The third-order valence-electron chi connectivity index (χ3n) is 6.07. The molecule has 4 nitrogen and oxygen atoms in total. The number of alkyl halides is 3. The summed E-state index contributed by atoms with van der Waals surface area (Å²) in [6.07, 6.45) is 5.47. The van der Waals surface area contributed by atoms with Crippen molar-refractivity contribution in [2.75, 3.05) is 13.1 Å². The molecule has 0 bridgehead atoms. The van der Waals surface area contributed by atoms with Crippen molar-refractivity contribution in [2.45, 2.75) is 57.7 Å². The minimum atomic E-state index is -4.38. The number of amides is 2. The molecule has 7 heteroatoms. The van der Waals surface area contributed by atoms with Crippen LogP contribution in [0.2, 0.25) is 0 Å². The Morgan fingerprint density at radius 1 is 1.10 bits per heavy atom. The summed E-state index contributed by atoms with van der Waals surface area (Å²) in [7, 11) is 0. The van der Waals surface area contributed by atoms with Crippen LogP contribution in [0.5, 0.6) is 0 Å². The molecule has 30 heavy (non-hydrogen) atoms. The fourth-order valence-electron chi connectivity index (χ4n) is 4.20. The Labute approximate surface area is 175 Å². The summed E-state index contributed by atoms with van der Waals surface area (Å²) >= 11 is 0. The van der Waals surface area contributed by atoms with Gasteiger partial charge in [0, 0.05) is 32.0 Å².